The van der Waals surface area contributed by atoms with E-state index >= 15 is 0 Å². The van der Waals surface area contributed by atoms with Crippen molar-refractivity contribution in [3.8, 4) is 0 Å². The fourth-order valence-electron chi connectivity index (χ4n) is 5.96. The molecule has 3 aliphatic heterocycles. The van der Waals surface area contributed by atoms with Gasteiger partial charge in [0.25, 0.3) is 0 Å². The van der Waals surface area contributed by atoms with Crippen LogP contribution in [0.15, 0.2) is 51.9 Å². The quantitative estimate of drug-likeness (QED) is 0.208. The SMILES string of the molecule is CC1=C[NH+]2CCc3ccc(S(=O)(=O)[O-])c(c32)C1(C)CCCCCC(=O)O.O=S(=O)([O-])c1ccc2c(c1)NCCC2.[Na+]. The number of carbonyl (C=O) groups is 1. The van der Waals surface area contributed by atoms with Crippen LogP contribution in [0, 0.1) is 0 Å². The molecule has 13 heteroatoms. The number of unbranched alkanes of at least 4 members (excludes halogenated alkanes) is 2. The first kappa shape index (κ1) is 33.7. The van der Waals surface area contributed by atoms with Crippen molar-refractivity contribution in [2.45, 2.75) is 80.4 Å². The molecule has 3 aliphatic rings. The number of quaternary nitrogens is 1. The Hall–Kier alpha value is -1.77. The average molecular weight is 615 g/mol. The van der Waals surface area contributed by atoms with Gasteiger partial charge in [-0.25, -0.2) is 16.8 Å². The summed E-state index contributed by atoms with van der Waals surface area (Å²) in [5.74, 6) is -0.801. The Balaban J connectivity index is 0.000000260. The maximum Gasteiger partial charge on any atom is 1.00 e. The van der Waals surface area contributed by atoms with E-state index in [0.717, 1.165) is 78.2 Å². The monoisotopic (exact) mass is 614 g/mol. The maximum absolute atomic E-state index is 11.9. The molecule has 3 heterocycles. The van der Waals surface area contributed by atoms with Gasteiger partial charge < -0.3 is 19.5 Å². The summed E-state index contributed by atoms with van der Waals surface area (Å²) in [7, 11) is -8.89. The van der Waals surface area contributed by atoms with Crippen LogP contribution in [0.2, 0.25) is 0 Å². The summed E-state index contributed by atoms with van der Waals surface area (Å²) >= 11 is 0. The zero-order valence-corrected chi connectivity index (χ0v) is 27.3. The number of fused-ring (bicyclic) bond motifs is 1. The van der Waals surface area contributed by atoms with Crippen LogP contribution in [-0.2, 0) is 43.3 Å². The summed E-state index contributed by atoms with van der Waals surface area (Å²) in [6.07, 6.45) is 7.98. The van der Waals surface area contributed by atoms with E-state index in [4.69, 9.17) is 5.11 Å². The molecular formula is C28H35N2NaO8S2. The van der Waals surface area contributed by atoms with Crippen LogP contribution in [0.1, 0.15) is 69.1 Å². The second-order valence-corrected chi connectivity index (χ2v) is 13.6. The molecule has 0 bridgehead atoms. The minimum Gasteiger partial charge on any atom is -0.744 e. The molecule has 5 rings (SSSR count). The molecule has 41 heavy (non-hydrogen) atoms. The Labute approximate surface area is 264 Å². The van der Waals surface area contributed by atoms with Crippen molar-refractivity contribution in [1.82, 2.24) is 0 Å². The number of nitrogens with one attached hydrogen (secondary N) is 2. The third-order valence-corrected chi connectivity index (χ3v) is 9.91. The second-order valence-electron chi connectivity index (χ2n) is 10.9. The van der Waals surface area contributed by atoms with Gasteiger partial charge in [0, 0.05) is 41.6 Å². The maximum atomic E-state index is 11.9. The van der Waals surface area contributed by atoms with Crippen molar-refractivity contribution in [3.05, 3.63) is 58.8 Å². The second kappa shape index (κ2) is 13.3. The summed E-state index contributed by atoms with van der Waals surface area (Å²) < 4.78 is 68.0. The van der Waals surface area contributed by atoms with Gasteiger partial charge in [0.2, 0.25) is 0 Å². The van der Waals surface area contributed by atoms with Crippen molar-refractivity contribution in [2.24, 2.45) is 0 Å². The first-order valence-corrected chi connectivity index (χ1v) is 16.2. The molecule has 2 atom stereocenters. The van der Waals surface area contributed by atoms with Crippen LogP contribution in [0.25, 0.3) is 0 Å². The molecule has 10 nitrogen and oxygen atoms in total. The van der Waals surface area contributed by atoms with Crippen LogP contribution < -0.4 is 39.8 Å². The van der Waals surface area contributed by atoms with Crippen molar-refractivity contribution < 1.29 is 70.3 Å². The molecule has 0 spiro atoms. The van der Waals surface area contributed by atoms with Crippen molar-refractivity contribution in [2.75, 3.05) is 18.4 Å². The molecule has 0 saturated heterocycles. The van der Waals surface area contributed by atoms with E-state index in [-0.39, 0.29) is 45.8 Å². The Morgan fingerprint density at radius 1 is 1.02 bits per heavy atom. The zero-order valence-electron chi connectivity index (χ0n) is 23.7. The van der Waals surface area contributed by atoms with Gasteiger partial charge in [-0.3, -0.25) is 9.69 Å². The number of hydrogen-bond donors (Lipinski definition) is 3. The largest absolute Gasteiger partial charge is 1.00 e. The average Bonchev–Trinajstić information content (AvgIpc) is 3.29. The predicted octanol–water partition coefficient (Wildman–Crippen LogP) is -0.174. The topological polar surface area (TPSA) is 168 Å². The van der Waals surface area contributed by atoms with Gasteiger partial charge in [-0.05, 0) is 61.9 Å². The number of carboxylic acids is 1. The van der Waals surface area contributed by atoms with Crippen LogP contribution >= 0.6 is 0 Å². The number of rotatable bonds is 8. The smallest absolute Gasteiger partial charge is 0.744 e. The Morgan fingerprint density at radius 2 is 1.73 bits per heavy atom. The fraction of sp³-hybridized carbons (Fsp3) is 0.464. The number of allylic oxidation sites excluding steroid dienone is 1. The van der Waals surface area contributed by atoms with E-state index in [9.17, 15) is 30.7 Å². The Morgan fingerprint density at radius 3 is 2.39 bits per heavy atom. The van der Waals surface area contributed by atoms with Gasteiger partial charge in [0.1, 0.15) is 25.9 Å². The third-order valence-electron chi connectivity index (χ3n) is 8.20. The van der Waals surface area contributed by atoms with Crippen LogP contribution in [0.4, 0.5) is 11.4 Å². The molecule has 3 N–H and O–H groups in total. The molecule has 0 aliphatic carbocycles. The van der Waals surface area contributed by atoms with Gasteiger partial charge in [0.05, 0.1) is 22.5 Å². The molecule has 0 radical (unpaired) electrons. The van der Waals surface area contributed by atoms with E-state index in [1.165, 1.54) is 18.2 Å². The molecule has 218 valence electrons. The van der Waals surface area contributed by atoms with Crippen molar-refractivity contribution >= 4 is 37.6 Å². The zero-order chi connectivity index (χ0) is 29.3. The van der Waals surface area contributed by atoms with E-state index in [1.54, 1.807) is 12.1 Å². The number of carboxylic acid groups (broad SMARTS) is 1. The number of aliphatic carboxylic acids is 1. The normalized spacial score (nSPS) is 20.8. The van der Waals surface area contributed by atoms with Gasteiger partial charge in [-0.15, -0.1) is 0 Å². The summed E-state index contributed by atoms with van der Waals surface area (Å²) in [6.45, 7) is 5.71. The Bertz CT molecular complexity index is 1560. The van der Waals surface area contributed by atoms with Crippen LogP contribution in [0.3, 0.4) is 0 Å². The van der Waals surface area contributed by atoms with E-state index < -0.39 is 31.6 Å². The molecule has 0 fully saturated rings. The Kier molecular flexibility index (Phi) is 10.9. The molecule has 2 aromatic carbocycles. The van der Waals surface area contributed by atoms with E-state index in [2.05, 4.69) is 11.5 Å². The third kappa shape index (κ3) is 7.61. The minimum atomic E-state index is -4.57. The molecule has 0 saturated carbocycles. The van der Waals surface area contributed by atoms with Gasteiger partial charge in [-0.1, -0.05) is 31.9 Å². The van der Waals surface area contributed by atoms with Crippen LogP contribution in [0.5, 0.6) is 0 Å². The van der Waals surface area contributed by atoms with Gasteiger partial charge in [-0.2, -0.15) is 0 Å². The predicted molar refractivity (Wildman–Crippen MR) is 147 cm³/mol. The van der Waals surface area contributed by atoms with Crippen molar-refractivity contribution in [1.29, 1.82) is 0 Å². The molecule has 0 aromatic heterocycles. The molecular weight excluding hydrogens is 579 g/mol. The standard InChI is InChI=1S/C19H25NO5S.C9H11NO3S.Na/c1-13-12-20-11-9-14-7-8-15(26(23,24)25)17(18(14)20)19(13,2)10-5-3-4-6-16(21)22;11-14(12,13)8-4-3-7-2-1-5-10-9(7)6-8;/h7-8,12H,3-6,9-11H2,1-2H3,(H,21,22)(H,23,24,25);3-4,6,10H,1-2,5H2,(H,11,12,13);/q;;+1/p-1. The van der Waals surface area contributed by atoms with Crippen LogP contribution in [-0.4, -0.2) is 50.1 Å². The van der Waals surface area contributed by atoms with E-state index in [0.29, 0.717) is 18.4 Å². The number of benzene rings is 2. The molecule has 2 aromatic rings. The number of anilines is 1. The summed E-state index contributed by atoms with van der Waals surface area (Å²) in [5.41, 5.74) is 5.13. The molecule has 2 unspecified atom stereocenters. The summed E-state index contributed by atoms with van der Waals surface area (Å²) in [6, 6.07) is 7.73. The number of hydrogen-bond acceptors (Lipinski definition) is 8. The summed E-state index contributed by atoms with van der Waals surface area (Å²) in [4.78, 5) is 11.5. The fourth-order valence-corrected chi connectivity index (χ4v) is 7.27. The van der Waals surface area contributed by atoms with E-state index in [1.807, 2.05) is 13.8 Å². The summed E-state index contributed by atoms with van der Waals surface area (Å²) in [5, 5.41) is 11.8. The first-order valence-electron chi connectivity index (χ1n) is 13.4. The van der Waals surface area contributed by atoms with Crippen molar-refractivity contribution in [3.63, 3.8) is 0 Å². The minimum absolute atomic E-state index is 0. The molecule has 0 amide bonds. The van der Waals surface area contributed by atoms with Gasteiger partial charge in [0.15, 0.2) is 0 Å². The van der Waals surface area contributed by atoms with Gasteiger partial charge >= 0.3 is 35.5 Å². The first-order chi connectivity index (χ1) is 18.7. The number of aryl methyl sites for hydroxylation is 1.